The maximum Gasteiger partial charge on any atom is 0.332 e. The molecule has 3 aromatic rings. The molecule has 0 fully saturated rings. The lowest BCUT2D eigenvalue weighted by Crippen LogP contribution is -2.45. The Morgan fingerprint density at radius 3 is 2.41 bits per heavy atom. The third-order valence-electron chi connectivity index (χ3n) is 5.24. The fourth-order valence-electron chi connectivity index (χ4n) is 3.89. The highest BCUT2D eigenvalue weighted by atomic mass is 31.2. The van der Waals surface area contributed by atoms with Gasteiger partial charge in [0.05, 0.1) is 5.30 Å². The van der Waals surface area contributed by atoms with Crippen molar-refractivity contribution in [1.82, 2.24) is 4.90 Å². The van der Waals surface area contributed by atoms with Crippen molar-refractivity contribution >= 4 is 12.7 Å². The Balaban J connectivity index is 1.67. The number of benzene rings is 3. The molecule has 2 aliphatic heterocycles. The van der Waals surface area contributed by atoms with Crippen molar-refractivity contribution in [3.8, 4) is 22.6 Å². The highest BCUT2D eigenvalue weighted by Crippen LogP contribution is 2.59. The Morgan fingerprint density at radius 2 is 1.59 bits per heavy atom. The zero-order valence-corrected chi connectivity index (χ0v) is 15.9. The maximum absolute atomic E-state index is 14.4. The molecule has 136 valence electrons. The molecule has 27 heavy (non-hydrogen) atoms. The number of nitrogens with zero attached hydrogens (tertiary/aromatic N) is 1. The lowest BCUT2D eigenvalue weighted by atomic mass is 10.0. The van der Waals surface area contributed by atoms with Crippen LogP contribution in [0.2, 0.25) is 0 Å². The molecular formula is C22H20NO3P. The number of hydrogen-bond donors (Lipinski definition) is 0. The van der Waals surface area contributed by atoms with Crippen LogP contribution >= 0.6 is 7.37 Å². The summed E-state index contributed by atoms with van der Waals surface area (Å²) in [6.07, 6.45) is 0. The van der Waals surface area contributed by atoms with E-state index in [0.29, 0.717) is 12.3 Å². The molecule has 0 aromatic heterocycles. The van der Waals surface area contributed by atoms with Crippen molar-refractivity contribution in [3.05, 3.63) is 78.4 Å². The predicted molar refractivity (Wildman–Crippen MR) is 107 cm³/mol. The van der Waals surface area contributed by atoms with Gasteiger partial charge < -0.3 is 9.26 Å². The first-order chi connectivity index (χ1) is 13.2. The smallest absolute Gasteiger partial charge is 0.332 e. The largest absolute Gasteiger partial charge is 0.464 e. The van der Waals surface area contributed by atoms with Crippen LogP contribution in [-0.4, -0.2) is 17.4 Å². The van der Waals surface area contributed by atoms with Gasteiger partial charge in [-0.3, -0.25) is 9.46 Å². The molecule has 0 aliphatic carbocycles. The fourth-order valence-corrected chi connectivity index (χ4v) is 6.52. The van der Waals surface area contributed by atoms with Crippen LogP contribution in [0, 0.1) is 0 Å². The van der Waals surface area contributed by atoms with E-state index < -0.39 is 13.3 Å². The molecule has 0 N–H and O–H groups in total. The summed E-state index contributed by atoms with van der Waals surface area (Å²) in [5.41, 5.74) is 3.04. The molecule has 0 amide bonds. The highest BCUT2D eigenvalue weighted by molar-refractivity contribution is 7.68. The second kappa shape index (κ2) is 6.26. The van der Waals surface area contributed by atoms with E-state index in [2.05, 4.69) is 17.9 Å². The minimum atomic E-state index is -3.34. The number of rotatable bonds is 2. The van der Waals surface area contributed by atoms with Crippen LogP contribution in [0.25, 0.3) is 11.1 Å². The van der Waals surface area contributed by atoms with E-state index in [-0.39, 0.29) is 0 Å². The van der Waals surface area contributed by atoms with E-state index in [4.69, 9.17) is 9.26 Å². The molecule has 2 unspecified atom stereocenters. The number of fused-ring (bicyclic) bond motifs is 4. The van der Waals surface area contributed by atoms with Crippen molar-refractivity contribution in [2.24, 2.45) is 0 Å². The van der Waals surface area contributed by atoms with E-state index in [0.717, 1.165) is 34.3 Å². The quantitative estimate of drug-likeness (QED) is 0.599. The van der Waals surface area contributed by atoms with Crippen molar-refractivity contribution in [3.63, 3.8) is 0 Å². The van der Waals surface area contributed by atoms with E-state index in [1.807, 2.05) is 66.7 Å². The van der Waals surface area contributed by atoms with Crippen molar-refractivity contribution in [2.75, 3.05) is 6.54 Å². The van der Waals surface area contributed by atoms with Gasteiger partial charge in [-0.2, -0.15) is 0 Å². The van der Waals surface area contributed by atoms with Gasteiger partial charge in [0.15, 0.2) is 0 Å². The highest BCUT2D eigenvalue weighted by Gasteiger charge is 2.49. The molecule has 0 saturated carbocycles. The summed E-state index contributed by atoms with van der Waals surface area (Å²) < 4.78 is 26.9. The zero-order valence-electron chi connectivity index (χ0n) is 15.0. The van der Waals surface area contributed by atoms with Gasteiger partial charge in [0.25, 0.3) is 0 Å². The lowest BCUT2D eigenvalue weighted by Gasteiger charge is -2.41. The van der Waals surface area contributed by atoms with Gasteiger partial charge in [0.2, 0.25) is 5.97 Å². The Kier molecular flexibility index (Phi) is 3.85. The molecule has 2 atom stereocenters. The normalized spacial score (nSPS) is 23.4. The summed E-state index contributed by atoms with van der Waals surface area (Å²) in [7, 11) is -3.34. The average molecular weight is 377 g/mol. The summed E-state index contributed by atoms with van der Waals surface area (Å²) in [5.74, 6) is 0.785. The molecule has 5 rings (SSSR count). The van der Waals surface area contributed by atoms with Gasteiger partial charge in [0.1, 0.15) is 11.5 Å². The molecule has 2 aliphatic rings. The molecule has 0 spiro atoms. The predicted octanol–water partition coefficient (Wildman–Crippen LogP) is 4.85. The van der Waals surface area contributed by atoms with Crippen LogP contribution in [0.3, 0.4) is 0 Å². The molecule has 2 heterocycles. The summed E-state index contributed by atoms with van der Waals surface area (Å²) in [5, 5.41) is 0.728. The van der Waals surface area contributed by atoms with Gasteiger partial charge >= 0.3 is 7.37 Å². The summed E-state index contributed by atoms with van der Waals surface area (Å²) in [6.45, 7) is 3.46. The molecule has 4 nitrogen and oxygen atoms in total. The molecular weight excluding hydrogens is 357 g/mol. The minimum Gasteiger partial charge on any atom is -0.464 e. The van der Waals surface area contributed by atoms with Crippen molar-refractivity contribution in [1.29, 1.82) is 0 Å². The van der Waals surface area contributed by atoms with E-state index >= 15 is 0 Å². The standard InChI is InChI=1S/C22H20NO3P/c1-2-23-15-16-9-3-6-12-19(16)25-22(23)27(24)21-14-8-5-11-18(21)17-10-4-7-13-20(17)26-27/h3-14,22H,2,15H2,1H3. The Hall–Kier alpha value is -2.55. The van der Waals surface area contributed by atoms with Gasteiger partial charge in [-0.25, -0.2) is 0 Å². The number of ether oxygens (including phenoxy) is 1. The van der Waals surface area contributed by atoms with Crippen LogP contribution in [0.5, 0.6) is 11.5 Å². The van der Waals surface area contributed by atoms with E-state index in [9.17, 15) is 4.57 Å². The molecule has 0 bridgehead atoms. The van der Waals surface area contributed by atoms with Gasteiger partial charge in [-0.05, 0) is 30.3 Å². The van der Waals surface area contributed by atoms with Crippen molar-refractivity contribution < 1.29 is 13.8 Å². The summed E-state index contributed by atoms with van der Waals surface area (Å²) >= 11 is 0. The minimum absolute atomic E-state index is 0.646. The first-order valence-electron chi connectivity index (χ1n) is 9.17. The average Bonchev–Trinajstić information content (AvgIpc) is 2.73. The maximum atomic E-state index is 14.4. The lowest BCUT2D eigenvalue weighted by molar-refractivity contribution is 0.0560. The van der Waals surface area contributed by atoms with Crippen LogP contribution in [0.1, 0.15) is 12.5 Å². The van der Waals surface area contributed by atoms with E-state index in [1.165, 1.54) is 0 Å². The Labute approximate surface area is 158 Å². The SMILES string of the molecule is CCN1Cc2ccccc2OC1P1(=O)Oc2ccccc2-c2ccccc21. The monoisotopic (exact) mass is 377 g/mol. The number of para-hydroxylation sites is 2. The fraction of sp³-hybridized carbons (Fsp3) is 0.182. The second-order valence-corrected chi connectivity index (χ2v) is 9.12. The van der Waals surface area contributed by atoms with Gasteiger partial charge in [-0.15, -0.1) is 0 Å². The molecule has 5 heteroatoms. The van der Waals surface area contributed by atoms with Crippen LogP contribution in [0.4, 0.5) is 0 Å². The third-order valence-corrected chi connectivity index (χ3v) is 7.78. The topological polar surface area (TPSA) is 38.8 Å². The molecule has 0 saturated heterocycles. The third kappa shape index (κ3) is 2.52. The van der Waals surface area contributed by atoms with E-state index in [1.54, 1.807) is 0 Å². The van der Waals surface area contributed by atoms with Crippen LogP contribution < -0.4 is 14.6 Å². The Morgan fingerprint density at radius 1 is 0.926 bits per heavy atom. The second-order valence-electron chi connectivity index (χ2n) is 6.82. The van der Waals surface area contributed by atoms with Crippen molar-refractivity contribution in [2.45, 2.75) is 19.4 Å². The molecule has 3 aromatic carbocycles. The summed E-state index contributed by atoms with van der Waals surface area (Å²) in [4.78, 5) is 2.09. The first kappa shape index (κ1) is 16.6. The zero-order chi connectivity index (χ0) is 18.4. The number of hydrogen-bond acceptors (Lipinski definition) is 4. The molecule has 0 radical (unpaired) electrons. The van der Waals surface area contributed by atoms with Crippen LogP contribution in [-0.2, 0) is 11.1 Å². The van der Waals surface area contributed by atoms with Gasteiger partial charge in [-0.1, -0.05) is 61.5 Å². The van der Waals surface area contributed by atoms with Gasteiger partial charge in [0, 0.05) is 17.7 Å². The van der Waals surface area contributed by atoms with Crippen LogP contribution in [0.15, 0.2) is 72.8 Å². The Bertz CT molecular complexity index is 1060. The first-order valence-corrected chi connectivity index (χ1v) is 10.9. The summed E-state index contributed by atoms with van der Waals surface area (Å²) in [6, 6.07) is 23.5.